The van der Waals surface area contributed by atoms with Crippen LogP contribution in [0.15, 0.2) is 48.9 Å². The van der Waals surface area contributed by atoms with Gasteiger partial charge in [-0.3, -0.25) is 9.59 Å². The van der Waals surface area contributed by atoms with Gasteiger partial charge >= 0.3 is 0 Å². The monoisotopic (exact) mass is 517 g/mol. The Balaban J connectivity index is 1.37. The molecule has 1 aliphatic heterocycles. The van der Waals surface area contributed by atoms with E-state index >= 15 is 0 Å². The molecule has 37 heavy (non-hydrogen) atoms. The number of halogens is 1. The molecule has 0 saturated heterocycles. The molecule has 1 unspecified atom stereocenters. The number of hydrogen-bond acceptors (Lipinski definition) is 7. The molecular weight excluding hydrogens is 494 g/mol. The van der Waals surface area contributed by atoms with Crippen molar-refractivity contribution in [3.63, 3.8) is 0 Å². The van der Waals surface area contributed by atoms with Crippen LogP contribution in [0.2, 0.25) is 5.02 Å². The Labute approximate surface area is 217 Å². The lowest BCUT2D eigenvalue weighted by Crippen LogP contribution is -2.57. The van der Waals surface area contributed by atoms with Gasteiger partial charge in [0.25, 0.3) is 5.91 Å². The maximum Gasteiger partial charge on any atom is 0.252 e. The molecule has 188 valence electrons. The van der Waals surface area contributed by atoms with Crippen LogP contribution >= 0.6 is 11.6 Å². The summed E-state index contributed by atoms with van der Waals surface area (Å²) in [5, 5.41) is 7.25. The predicted molar refractivity (Wildman–Crippen MR) is 140 cm³/mol. The van der Waals surface area contributed by atoms with Gasteiger partial charge in [0.05, 0.1) is 40.2 Å². The van der Waals surface area contributed by atoms with E-state index in [1.807, 2.05) is 19.1 Å². The summed E-state index contributed by atoms with van der Waals surface area (Å²) in [5.41, 5.74) is 2.48. The first-order valence-corrected chi connectivity index (χ1v) is 12.3. The van der Waals surface area contributed by atoms with Gasteiger partial charge in [-0.2, -0.15) is 0 Å². The van der Waals surface area contributed by atoms with Gasteiger partial charge in [0.15, 0.2) is 5.78 Å². The van der Waals surface area contributed by atoms with Gasteiger partial charge in [-0.05, 0) is 49.4 Å². The van der Waals surface area contributed by atoms with E-state index in [-0.39, 0.29) is 29.2 Å². The zero-order chi connectivity index (χ0) is 25.7. The Kier molecular flexibility index (Phi) is 5.62. The lowest BCUT2D eigenvalue weighted by Gasteiger charge is -2.38. The van der Waals surface area contributed by atoms with Crippen molar-refractivity contribution in [2.24, 2.45) is 5.92 Å². The Hall–Kier alpha value is -3.95. The topological polar surface area (TPSA) is 118 Å². The fourth-order valence-corrected chi connectivity index (χ4v) is 5.15. The highest BCUT2D eigenvalue weighted by atomic mass is 35.5. The summed E-state index contributed by atoms with van der Waals surface area (Å²) >= 11 is 6.55. The Morgan fingerprint density at radius 3 is 2.76 bits per heavy atom. The third-order valence-corrected chi connectivity index (χ3v) is 7.20. The minimum Gasteiger partial charge on any atom is -0.439 e. The smallest absolute Gasteiger partial charge is 0.252 e. The molecule has 3 aromatic heterocycles. The number of amides is 1. The SMILES string of the molecule is COCC1(C2CC2)Nc2c(cnc3[nH]cc(C(=O)c4ccc(Oc5cc(C)ccn5)cc4Cl)c23)NC1=O. The van der Waals surface area contributed by atoms with E-state index in [4.69, 9.17) is 21.1 Å². The minimum absolute atomic E-state index is 0.145. The molecule has 4 aromatic rings. The van der Waals surface area contributed by atoms with Crippen molar-refractivity contribution in [2.45, 2.75) is 25.3 Å². The first-order chi connectivity index (χ1) is 17.9. The third kappa shape index (κ3) is 4.00. The number of methoxy groups -OCH3 is 1. The van der Waals surface area contributed by atoms with Gasteiger partial charge in [-0.15, -0.1) is 0 Å². The number of aromatic nitrogens is 3. The number of ether oxygens (including phenoxy) is 2. The number of carbonyl (C=O) groups is 2. The van der Waals surface area contributed by atoms with Crippen LogP contribution < -0.4 is 15.4 Å². The number of benzene rings is 1. The number of pyridine rings is 2. The van der Waals surface area contributed by atoms with Crippen LogP contribution in [0.25, 0.3) is 11.0 Å². The fourth-order valence-electron chi connectivity index (χ4n) is 4.90. The van der Waals surface area contributed by atoms with Crippen LogP contribution in [0, 0.1) is 12.8 Å². The Bertz CT molecular complexity index is 1560. The van der Waals surface area contributed by atoms with Crippen molar-refractivity contribution in [3.8, 4) is 11.6 Å². The molecule has 9 nitrogen and oxygen atoms in total. The van der Waals surface area contributed by atoms with E-state index in [2.05, 4.69) is 25.6 Å². The van der Waals surface area contributed by atoms with E-state index in [1.54, 1.807) is 43.9 Å². The van der Waals surface area contributed by atoms with Gasteiger partial charge in [-0.1, -0.05) is 11.6 Å². The second-order valence-electron chi connectivity index (χ2n) is 9.47. The summed E-state index contributed by atoms with van der Waals surface area (Å²) in [5.74, 6) is 0.611. The zero-order valence-electron chi connectivity index (χ0n) is 20.2. The second kappa shape index (κ2) is 8.86. The highest BCUT2D eigenvalue weighted by molar-refractivity contribution is 6.36. The van der Waals surface area contributed by atoms with Crippen LogP contribution in [0.1, 0.15) is 34.3 Å². The average molecular weight is 518 g/mol. The van der Waals surface area contributed by atoms with Crippen molar-refractivity contribution in [3.05, 3.63) is 70.6 Å². The molecule has 6 rings (SSSR count). The van der Waals surface area contributed by atoms with Crippen molar-refractivity contribution in [1.29, 1.82) is 0 Å². The van der Waals surface area contributed by atoms with Gasteiger partial charge in [-0.25, -0.2) is 9.97 Å². The normalized spacial score (nSPS) is 18.7. The quantitative estimate of drug-likeness (QED) is 0.292. The number of carbonyl (C=O) groups excluding carboxylic acids is 2. The number of H-pyrrole nitrogens is 1. The number of nitrogens with zero attached hydrogens (tertiary/aromatic N) is 2. The standard InChI is InChI=1S/C27H24ClN5O4/c1-14-7-8-29-21(9-14)37-16-5-6-17(19(28)10-16)24(34)18-11-30-25-22(18)23-20(12-31-25)32-26(35)27(33-23,13-36-2)15-3-4-15/h5-12,15,33H,3-4,13H2,1-2H3,(H,30,31)(H,32,35). The minimum atomic E-state index is -0.909. The van der Waals surface area contributed by atoms with E-state index in [0.717, 1.165) is 18.4 Å². The molecule has 1 saturated carbocycles. The maximum absolute atomic E-state index is 13.7. The number of aryl methyl sites for hydroxylation is 1. The summed E-state index contributed by atoms with van der Waals surface area (Å²) in [4.78, 5) is 38.5. The third-order valence-electron chi connectivity index (χ3n) is 6.89. The van der Waals surface area contributed by atoms with Crippen LogP contribution in [-0.4, -0.2) is 45.9 Å². The Morgan fingerprint density at radius 2 is 2.03 bits per heavy atom. The van der Waals surface area contributed by atoms with Crippen molar-refractivity contribution < 1.29 is 19.1 Å². The second-order valence-corrected chi connectivity index (χ2v) is 9.88. The number of hydrogen-bond donors (Lipinski definition) is 3. The van der Waals surface area contributed by atoms with Crippen molar-refractivity contribution in [1.82, 2.24) is 15.0 Å². The summed E-state index contributed by atoms with van der Waals surface area (Å²) in [6.45, 7) is 2.16. The predicted octanol–water partition coefficient (Wildman–Crippen LogP) is 5.10. The van der Waals surface area contributed by atoms with E-state index in [1.165, 1.54) is 0 Å². The number of aromatic amines is 1. The van der Waals surface area contributed by atoms with Gasteiger partial charge in [0.1, 0.15) is 16.9 Å². The maximum atomic E-state index is 13.7. The molecule has 1 atom stereocenters. The van der Waals surface area contributed by atoms with Crippen LogP contribution in [0.4, 0.5) is 11.4 Å². The van der Waals surface area contributed by atoms with Crippen molar-refractivity contribution in [2.75, 3.05) is 24.4 Å². The van der Waals surface area contributed by atoms with Crippen molar-refractivity contribution >= 4 is 45.7 Å². The van der Waals surface area contributed by atoms with Gasteiger partial charge < -0.3 is 25.1 Å². The number of fused-ring (bicyclic) bond motifs is 3. The molecule has 0 radical (unpaired) electrons. The number of anilines is 2. The summed E-state index contributed by atoms with van der Waals surface area (Å²) < 4.78 is 11.2. The molecule has 1 aliphatic carbocycles. The molecule has 4 heterocycles. The first-order valence-electron chi connectivity index (χ1n) is 11.9. The number of rotatable bonds is 7. The Morgan fingerprint density at radius 1 is 1.19 bits per heavy atom. The highest BCUT2D eigenvalue weighted by Gasteiger charge is 2.53. The van der Waals surface area contributed by atoms with Gasteiger partial charge in [0.2, 0.25) is 5.88 Å². The average Bonchev–Trinajstić information content (AvgIpc) is 3.64. The largest absolute Gasteiger partial charge is 0.439 e. The lowest BCUT2D eigenvalue weighted by atomic mass is 9.89. The fraction of sp³-hybridized carbons (Fsp3) is 0.259. The summed E-state index contributed by atoms with van der Waals surface area (Å²) in [7, 11) is 1.58. The molecule has 1 fully saturated rings. The number of ketones is 1. The molecule has 1 aromatic carbocycles. The molecular formula is C27H24ClN5O4. The van der Waals surface area contributed by atoms with E-state index in [0.29, 0.717) is 45.2 Å². The molecule has 10 heteroatoms. The highest BCUT2D eigenvalue weighted by Crippen LogP contribution is 2.47. The van der Waals surface area contributed by atoms with E-state index < -0.39 is 5.54 Å². The number of nitrogens with one attached hydrogen (secondary N) is 3. The van der Waals surface area contributed by atoms with Crippen LogP contribution in [-0.2, 0) is 9.53 Å². The van der Waals surface area contributed by atoms with Crippen LogP contribution in [0.3, 0.4) is 0 Å². The van der Waals surface area contributed by atoms with E-state index in [9.17, 15) is 9.59 Å². The molecule has 0 spiro atoms. The molecule has 1 amide bonds. The van der Waals surface area contributed by atoms with Crippen LogP contribution in [0.5, 0.6) is 11.6 Å². The molecule has 2 aliphatic rings. The molecule has 3 N–H and O–H groups in total. The first kappa shape index (κ1) is 23.4. The zero-order valence-corrected chi connectivity index (χ0v) is 21.0. The lowest BCUT2D eigenvalue weighted by molar-refractivity contribution is -0.123. The summed E-state index contributed by atoms with van der Waals surface area (Å²) in [6.07, 6.45) is 6.71. The molecule has 0 bridgehead atoms. The van der Waals surface area contributed by atoms with Gasteiger partial charge in [0, 0.05) is 37.2 Å². The summed E-state index contributed by atoms with van der Waals surface area (Å²) in [6, 6.07) is 8.59.